The lowest BCUT2D eigenvalue weighted by molar-refractivity contribution is 0.0265. The molecule has 2 heterocycles. The summed E-state index contributed by atoms with van der Waals surface area (Å²) in [7, 11) is 1.54. The molecule has 0 bridgehead atoms. The van der Waals surface area contributed by atoms with Crippen LogP contribution in [0, 0.1) is 17.0 Å². The monoisotopic (exact) mass is 518 g/mol. The van der Waals surface area contributed by atoms with Gasteiger partial charge in [0.1, 0.15) is 35.9 Å². The third kappa shape index (κ3) is 6.52. The summed E-state index contributed by atoms with van der Waals surface area (Å²) < 4.78 is 53.2. The number of pyridine rings is 1. The molecule has 6 nitrogen and oxygen atoms in total. The number of methoxy groups -OCH3 is 1. The Hall–Kier alpha value is -2.88. The van der Waals surface area contributed by atoms with E-state index in [0.717, 1.165) is 18.2 Å². The number of aromatic nitrogens is 1. The molecular formula is C28H33F3N2O4. The molecule has 1 aromatic heterocycles. The molecule has 1 saturated heterocycles. The zero-order valence-corrected chi connectivity index (χ0v) is 20.9. The second-order valence-corrected chi connectivity index (χ2v) is 9.70. The van der Waals surface area contributed by atoms with Crippen LogP contribution in [0.1, 0.15) is 43.0 Å². The van der Waals surface area contributed by atoms with Crippen LogP contribution in [0.3, 0.4) is 0 Å². The number of hydrogen-bond donors (Lipinski definition) is 2. The van der Waals surface area contributed by atoms with Gasteiger partial charge in [-0.05, 0) is 62.4 Å². The van der Waals surface area contributed by atoms with Crippen LogP contribution < -0.4 is 9.47 Å². The SMILES string of the molecule is COc1ccc2ncc(CO)c(C(F)CCC3(CO)CCN(CCOc4cc(F)cc(F)c4)CC3)c2c1. The van der Waals surface area contributed by atoms with Crippen LogP contribution in [0.4, 0.5) is 13.2 Å². The van der Waals surface area contributed by atoms with Crippen LogP contribution in [0.2, 0.25) is 0 Å². The molecule has 200 valence electrons. The van der Waals surface area contributed by atoms with E-state index in [2.05, 4.69) is 9.88 Å². The Morgan fingerprint density at radius 2 is 1.78 bits per heavy atom. The Morgan fingerprint density at radius 3 is 2.43 bits per heavy atom. The normalized spacial score (nSPS) is 16.6. The van der Waals surface area contributed by atoms with E-state index in [1.54, 1.807) is 25.3 Å². The maximum Gasteiger partial charge on any atom is 0.129 e. The molecule has 0 radical (unpaired) electrons. The number of alkyl halides is 1. The van der Waals surface area contributed by atoms with E-state index < -0.39 is 23.2 Å². The number of piperidine rings is 1. The summed E-state index contributed by atoms with van der Waals surface area (Å²) in [5.41, 5.74) is 1.10. The zero-order valence-electron chi connectivity index (χ0n) is 20.9. The molecule has 4 rings (SSSR count). The van der Waals surface area contributed by atoms with Crippen LogP contribution in [0.25, 0.3) is 10.9 Å². The molecule has 9 heteroatoms. The van der Waals surface area contributed by atoms with Crippen molar-refractivity contribution in [1.29, 1.82) is 0 Å². The average Bonchev–Trinajstić information content (AvgIpc) is 2.91. The Bertz CT molecular complexity index is 1180. The van der Waals surface area contributed by atoms with E-state index in [-0.39, 0.29) is 32.0 Å². The molecular weight excluding hydrogens is 485 g/mol. The van der Waals surface area contributed by atoms with Gasteiger partial charge >= 0.3 is 0 Å². The number of aliphatic hydroxyl groups is 2. The lowest BCUT2D eigenvalue weighted by atomic mass is 9.74. The molecule has 1 atom stereocenters. The van der Waals surface area contributed by atoms with Gasteiger partial charge in [-0.2, -0.15) is 0 Å². The molecule has 37 heavy (non-hydrogen) atoms. The van der Waals surface area contributed by atoms with Gasteiger partial charge in [0.05, 0.1) is 19.2 Å². The van der Waals surface area contributed by atoms with Gasteiger partial charge in [0.25, 0.3) is 0 Å². The topological polar surface area (TPSA) is 75.0 Å². The van der Waals surface area contributed by atoms with E-state index in [4.69, 9.17) is 9.47 Å². The number of halogens is 3. The highest BCUT2D eigenvalue weighted by Gasteiger charge is 2.35. The van der Waals surface area contributed by atoms with Gasteiger partial charge in [-0.25, -0.2) is 13.2 Å². The number of rotatable bonds is 11. The first kappa shape index (κ1) is 27.2. The van der Waals surface area contributed by atoms with E-state index in [1.807, 2.05) is 0 Å². The Labute approximate surface area is 214 Å². The third-order valence-electron chi connectivity index (χ3n) is 7.38. The fraction of sp³-hybridized carbons (Fsp3) is 0.464. The maximum atomic E-state index is 15.7. The first-order chi connectivity index (χ1) is 17.9. The van der Waals surface area contributed by atoms with Gasteiger partial charge in [-0.1, -0.05) is 0 Å². The highest BCUT2D eigenvalue weighted by Crippen LogP contribution is 2.41. The number of benzene rings is 2. The molecule has 0 spiro atoms. The molecule has 1 aliphatic heterocycles. The van der Waals surface area contributed by atoms with Gasteiger partial charge < -0.3 is 19.7 Å². The summed E-state index contributed by atoms with van der Waals surface area (Å²) in [5, 5.41) is 20.7. The molecule has 1 fully saturated rings. The second-order valence-electron chi connectivity index (χ2n) is 9.70. The highest BCUT2D eigenvalue weighted by atomic mass is 19.1. The van der Waals surface area contributed by atoms with Gasteiger partial charge in [0, 0.05) is 54.1 Å². The molecule has 2 N–H and O–H groups in total. The van der Waals surface area contributed by atoms with Crippen molar-refractivity contribution in [2.45, 2.75) is 38.5 Å². The van der Waals surface area contributed by atoms with E-state index in [9.17, 15) is 19.0 Å². The number of ether oxygens (including phenoxy) is 2. The minimum Gasteiger partial charge on any atom is -0.497 e. The number of likely N-dealkylation sites (tertiary alicyclic amines) is 1. The van der Waals surface area contributed by atoms with Crippen LogP contribution >= 0.6 is 0 Å². The smallest absolute Gasteiger partial charge is 0.129 e. The van der Waals surface area contributed by atoms with Gasteiger partial charge in [0.2, 0.25) is 0 Å². The third-order valence-corrected chi connectivity index (χ3v) is 7.38. The summed E-state index contributed by atoms with van der Waals surface area (Å²) >= 11 is 0. The van der Waals surface area contributed by atoms with Crippen molar-refractivity contribution in [1.82, 2.24) is 9.88 Å². The van der Waals surface area contributed by atoms with Crippen molar-refractivity contribution in [3.05, 3.63) is 65.4 Å². The summed E-state index contributed by atoms with van der Waals surface area (Å²) in [6, 6.07) is 8.37. The average molecular weight is 519 g/mol. The van der Waals surface area contributed by atoms with Crippen molar-refractivity contribution in [3.63, 3.8) is 0 Å². The lowest BCUT2D eigenvalue weighted by Gasteiger charge is -2.41. The zero-order chi connectivity index (χ0) is 26.4. The van der Waals surface area contributed by atoms with Crippen molar-refractivity contribution >= 4 is 10.9 Å². The summed E-state index contributed by atoms with van der Waals surface area (Å²) in [4.78, 5) is 6.51. The fourth-order valence-corrected chi connectivity index (χ4v) is 5.08. The van der Waals surface area contributed by atoms with Crippen LogP contribution in [0.5, 0.6) is 11.5 Å². The Morgan fingerprint density at radius 1 is 1.05 bits per heavy atom. The van der Waals surface area contributed by atoms with Crippen molar-refractivity contribution in [2.24, 2.45) is 5.41 Å². The molecule has 0 aliphatic carbocycles. The first-order valence-electron chi connectivity index (χ1n) is 12.5. The predicted octanol–water partition coefficient (Wildman–Crippen LogP) is 4.96. The van der Waals surface area contributed by atoms with E-state index >= 15 is 4.39 Å². The molecule has 2 aromatic carbocycles. The van der Waals surface area contributed by atoms with Crippen molar-refractivity contribution in [2.75, 3.05) is 40.0 Å². The van der Waals surface area contributed by atoms with Gasteiger partial charge in [0.15, 0.2) is 0 Å². The number of nitrogens with zero attached hydrogens (tertiary/aromatic N) is 2. The minimum atomic E-state index is -1.33. The minimum absolute atomic E-state index is 0.0373. The first-order valence-corrected chi connectivity index (χ1v) is 12.5. The fourth-order valence-electron chi connectivity index (χ4n) is 5.08. The molecule has 0 amide bonds. The van der Waals surface area contributed by atoms with Crippen LogP contribution in [-0.4, -0.2) is 60.1 Å². The summed E-state index contributed by atoms with van der Waals surface area (Å²) in [5.74, 6) is -0.631. The van der Waals surface area contributed by atoms with E-state index in [1.165, 1.54) is 6.20 Å². The molecule has 1 unspecified atom stereocenters. The van der Waals surface area contributed by atoms with E-state index in [0.29, 0.717) is 66.7 Å². The highest BCUT2D eigenvalue weighted by molar-refractivity contribution is 5.85. The number of aliphatic hydroxyl groups excluding tert-OH is 2. The largest absolute Gasteiger partial charge is 0.497 e. The van der Waals surface area contributed by atoms with Crippen LogP contribution in [-0.2, 0) is 6.61 Å². The van der Waals surface area contributed by atoms with Crippen LogP contribution in [0.15, 0.2) is 42.6 Å². The Balaban J connectivity index is 1.35. The van der Waals surface area contributed by atoms with Gasteiger partial charge in [-0.15, -0.1) is 0 Å². The molecule has 3 aromatic rings. The quantitative estimate of drug-likeness (QED) is 0.374. The maximum absolute atomic E-state index is 15.7. The molecule has 1 aliphatic rings. The summed E-state index contributed by atoms with van der Waals surface area (Å²) in [6.07, 6.45) is 2.28. The predicted molar refractivity (Wildman–Crippen MR) is 134 cm³/mol. The van der Waals surface area contributed by atoms with Crippen molar-refractivity contribution in [3.8, 4) is 11.5 Å². The van der Waals surface area contributed by atoms with Gasteiger partial charge in [-0.3, -0.25) is 9.88 Å². The number of hydrogen-bond acceptors (Lipinski definition) is 6. The lowest BCUT2D eigenvalue weighted by Crippen LogP contribution is -2.43. The summed E-state index contributed by atoms with van der Waals surface area (Å²) in [6.45, 7) is 1.91. The second kappa shape index (κ2) is 12.1. The van der Waals surface area contributed by atoms with Crippen molar-refractivity contribution < 1.29 is 32.9 Å². The number of fused-ring (bicyclic) bond motifs is 1. The Kier molecular flexibility index (Phi) is 8.89. The molecule has 0 saturated carbocycles. The standard InChI is InChI=1S/C28H33F3N2O4/c1-36-22-2-3-26-24(15-22)27(19(17-34)16-32-26)25(31)4-5-28(18-35)6-8-33(9-7-28)10-11-37-23-13-20(29)12-21(30)14-23/h2-3,12-16,25,34-35H,4-11,17-18H2,1H3.